The highest BCUT2D eigenvalue weighted by atomic mass is 16.5. The second-order valence-electron chi connectivity index (χ2n) is 10.5. The number of benzene rings is 2. The topological polar surface area (TPSA) is 101 Å². The number of ether oxygens (including phenoxy) is 1. The molecule has 0 spiro atoms. The van der Waals surface area contributed by atoms with E-state index in [1.165, 1.54) is 18.4 Å². The standard InChI is InChI=1S/C29H44N6O2/c1-5-6-25(11-14-36)32-27-17-23(30)16-26-20(2)33-35(29(26)27)19-22-8-7-21(15-28(22)37-4)18-31-24-9-12-34(3)13-10-24/h7-8,15-17,24-25,31-32,36H,5-6,9-14,18-19,30H2,1-4H3. The number of aromatic nitrogens is 2. The number of fused-ring (bicyclic) bond motifs is 1. The van der Waals surface area contributed by atoms with Gasteiger partial charge in [0.15, 0.2) is 0 Å². The Balaban J connectivity index is 1.57. The quantitative estimate of drug-likeness (QED) is 0.273. The van der Waals surface area contributed by atoms with Gasteiger partial charge in [0.2, 0.25) is 0 Å². The van der Waals surface area contributed by atoms with Gasteiger partial charge in [0.25, 0.3) is 0 Å². The van der Waals surface area contributed by atoms with Crippen molar-refractivity contribution in [3.8, 4) is 5.75 Å². The van der Waals surface area contributed by atoms with Crippen LogP contribution in [0, 0.1) is 6.92 Å². The Hall–Kier alpha value is -2.81. The lowest BCUT2D eigenvalue weighted by atomic mass is 10.0. The van der Waals surface area contributed by atoms with E-state index in [-0.39, 0.29) is 12.6 Å². The summed E-state index contributed by atoms with van der Waals surface area (Å²) in [4.78, 5) is 2.39. The van der Waals surface area contributed by atoms with Crippen LogP contribution in [0.3, 0.4) is 0 Å². The molecule has 1 atom stereocenters. The molecule has 202 valence electrons. The molecule has 1 aromatic heterocycles. The lowest BCUT2D eigenvalue weighted by Crippen LogP contribution is -2.40. The molecule has 4 rings (SSSR count). The molecule has 5 N–H and O–H groups in total. The van der Waals surface area contributed by atoms with Crippen LogP contribution in [0.1, 0.15) is 55.8 Å². The number of aliphatic hydroxyl groups excluding tert-OH is 1. The van der Waals surface area contributed by atoms with Gasteiger partial charge >= 0.3 is 0 Å². The van der Waals surface area contributed by atoms with E-state index in [9.17, 15) is 5.11 Å². The summed E-state index contributed by atoms with van der Waals surface area (Å²) in [7, 11) is 3.92. The number of nitrogens with two attached hydrogens (primary N) is 1. The van der Waals surface area contributed by atoms with Gasteiger partial charge in [-0.05, 0) is 76.5 Å². The molecular formula is C29H44N6O2. The van der Waals surface area contributed by atoms with E-state index in [4.69, 9.17) is 15.6 Å². The first kappa shape index (κ1) is 27.2. The SMILES string of the molecule is CCCC(CCO)Nc1cc(N)cc2c(C)nn(Cc3ccc(CNC4CCN(C)CC4)cc3OC)c12. The molecule has 1 aliphatic rings. The Bertz CT molecular complexity index is 1160. The van der Waals surface area contributed by atoms with Crippen LogP contribution >= 0.6 is 0 Å². The zero-order valence-corrected chi connectivity index (χ0v) is 22.9. The van der Waals surface area contributed by atoms with Crippen molar-refractivity contribution in [1.29, 1.82) is 0 Å². The number of hydrogen-bond acceptors (Lipinski definition) is 7. The van der Waals surface area contributed by atoms with Crippen LogP contribution in [0.15, 0.2) is 30.3 Å². The predicted molar refractivity (Wildman–Crippen MR) is 152 cm³/mol. The molecule has 0 saturated carbocycles. The number of methoxy groups -OCH3 is 1. The number of hydrogen-bond donors (Lipinski definition) is 4. The number of anilines is 2. The van der Waals surface area contributed by atoms with E-state index in [0.29, 0.717) is 24.7 Å². The summed E-state index contributed by atoms with van der Waals surface area (Å²) in [6.45, 7) is 8.07. The Kier molecular flexibility index (Phi) is 9.29. The van der Waals surface area contributed by atoms with Gasteiger partial charge in [-0.1, -0.05) is 25.5 Å². The number of aryl methyl sites for hydroxylation is 1. The van der Waals surface area contributed by atoms with Gasteiger partial charge in [0, 0.05) is 41.9 Å². The van der Waals surface area contributed by atoms with Gasteiger partial charge in [0.1, 0.15) is 5.75 Å². The van der Waals surface area contributed by atoms with Crippen molar-refractivity contribution in [3.05, 3.63) is 47.2 Å². The van der Waals surface area contributed by atoms with Crippen molar-refractivity contribution < 1.29 is 9.84 Å². The van der Waals surface area contributed by atoms with E-state index in [1.54, 1.807) is 7.11 Å². The molecule has 3 aromatic rings. The molecular weight excluding hydrogens is 464 g/mol. The monoisotopic (exact) mass is 508 g/mol. The lowest BCUT2D eigenvalue weighted by molar-refractivity contribution is 0.234. The summed E-state index contributed by atoms with van der Waals surface area (Å²) in [5.41, 5.74) is 12.2. The van der Waals surface area contributed by atoms with Crippen LogP contribution in [-0.2, 0) is 13.1 Å². The highest BCUT2D eigenvalue weighted by molar-refractivity contribution is 5.95. The van der Waals surface area contributed by atoms with E-state index in [1.807, 2.05) is 23.7 Å². The van der Waals surface area contributed by atoms with Crippen molar-refractivity contribution in [3.63, 3.8) is 0 Å². The molecule has 1 unspecified atom stereocenters. The Labute approximate surface area is 221 Å². The minimum absolute atomic E-state index is 0.150. The number of nitrogen functional groups attached to an aromatic ring is 1. The summed E-state index contributed by atoms with van der Waals surface area (Å²) >= 11 is 0. The van der Waals surface area contributed by atoms with Crippen molar-refractivity contribution in [2.45, 2.75) is 71.1 Å². The number of likely N-dealkylation sites (tertiary alicyclic amines) is 1. The maximum Gasteiger partial charge on any atom is 0.124 e. The molecule has 0 amide bonds. The second-order valence-corrected chi connectivity index (χ2v) is 10.5. The second kappa shape index (κ2) is 12.6. The van der Waals surface area contributed by atoms with Crippen LogP contribution < -0.4 is 21.1 Å². The maximum absolute atomic E-state index is 9.56. The van der Waals surface area contributed by atoms with Crippen molar-refractivity contribution in [2.24, 2.45) is 0 Å². The Morgan fingerprint density at radius 3 is 2.68 bits per heavy atom. The highest BCUT2D eigenvalue weighted by Crippen LogP contribution is 2.32. The fraction of sp³-hybridized carbons (Fsp3) is 0.552. The van der Waals surface area contributed by atoms with Gasteiger partial charge in [-0.2, -0.15) is 5.10 Å². The van der Waals surface area contributed by atoms with Crippen molar-refractivity contribution >= 4 is 22.3 Å². The van der Waals surface area contributed by atoms with Gasteiger partial charge in [-0.3, -0.25) is 4.68 Å². The summed E-state index contributed by atoms with van der Waals surface area (Å²) in [5.74, 6) is 0.873. The third kappa shape index (κ3) is 6.74. The molecule has 0 aliphatic carbocycles. The molecule has 8 nitrogen and oxygen atoms in total. The smallest absolute Gasteiger partial charge is 0.124 e. The molecule has 37 heavy (non-hydrogen) atoms. The van der Waals surface area contributed by atoms with Crippen molar-refractivity contribution in [1.82, 2.24) is 20.0 Å². The summed E-state index contributed by atoms with van der Waals surface area (Å²) < 4.78 is 7.87. The molecule has 0 radical (unpaired) electrons. The number of aliphatic hydroxyl groups is 1. The van der Waals surface area contributed by atoms with Gasteiger partial charge < -0.3 is 31.1 Å². The largest absolute Gasteiger partial charge is 0.496 e. The molecule has 1 saturated heterocycles. The van der Waals surface area contributed by atoms with Gasteiger partial charge in [-0.25, -0.2) is 0 Å². The number of nitrogens with one attached hydrogen (secondary N) is 2. The van der Waals surface area contributed by atoms with E-state index in [2.05, 4.69) is 47.7 Å². The van der Waals surface area contributed by atoms with Crippen LogP contribution in [0.4, 0.5) is 11.4 Å². The fourth-order valence-corrected chi connectivity index (χ4v) is 5.40. The predicted octanol–water partition coefficient (Wildman–Crippen LogP) is 4.13. The number of nitrogens with zero attached hydrogens (tertiary/aromatic N) is 3. The number of rotatable bonds is 12. The lowest BCUT2D eigenvalue weighted by Gasteiger charge is -2.29. The molecule has 1 aliphatic heterocycles. The van der Waals surface area contributed by atoms with E-state index in [0.717, 1.165) is 66.1 Å². The summed E-state index contributed by atoms with van der Waals surface area (Å²) in [5, 5.41) is 22.9. The minimum Gasteiger partial charge on any atom is -0.496 e. The van der Waals surface area contributed by atoms with Crippen molar-refractivity contribution in [2.75, 3.05) is 44.9 Å². The average molecular weight is 509 g/mol. The zero-order chi connectivity index (χ0) is 26.4. The van der Waals surface area contributed by atoms with Gasteiger partial charge in [-0.15, -0.1) is 0 Å². The maximum atomic E-state index is 9.56. The molecule has 2 heterocycles. The fourth-order valence-electron chi connectivity index (χ4n) is 5.40. The first-order valence-electron chi connectivity index (χ1n) is 13.6. The minimum atomic E-state index is 0.150. The molecule has 1 fully saturated rings. The van der Waals surface area contributed by atoms with E-state index >= 15 is 0 Å². The Morgan fingerprint density at radius 2 is 1.97 bits per heavy atom. The third-order valence-electron chi connectivity index (χ3n) is 7.51. The van der Waals surface area contributed by atoms with E-state index < -0.39 is 0 Å². The van der Waals surface area contributed by atoms with Crippen LogP contribution in [0.25, 0.3) is 10.9 Å². The third-order valence-corrected chi connectivity index (χ3v) is 7.51. The van der Waals surface area contributed by atoms with Crippen LogP contribution in [-0.4, -0.2) is 65.7 Å². The first-order chi connectivity index (χ1) is 17.9. The van der Waals surface area contributed by atoms with Gasteiger partial charge in [0.05, 0.1) is 30.6 Å². The molecule has 2 aromatic carbocycles. The molecule has 8 heteroatoms. The normalized spacial score (nSPS) is 15.8. The zero-order valence-electron chi connectivity index (χ0n) is 22.9. The van der Waals surface area contributed by atoms with Crippen LogP contribution in [0.2, 0.25) is 0 Å². The molecule has 0 bridgehead atoms. The first-order valence-corrected chi connectivity index (χ1v) is 13.6. The Morgan fingerprint density at radius 1 is 1.19 bits per heavy atom. The highest BCUT2D eigenvalue weighted by Gasteiger charge is 2.19. The summed E-state index contributed by atoms with van der Waals surface area (Å²) in [6, 6.07) is 11.2. The van der Waals surface area contributed by atoms with Crippen LogP contribution in [0.5, 0.6) is 5.75 Å². The average Bonchev–Trinajstić information content (AvgIpc) is 3.19. The summed E-state index contributed by atoms with van der Waals surface area (Å²) in [6.07, 6.45) is 5.09. The number of piperidine rings is 1.